The summed E-state index contributed by atoms with van der Waals surface area (Å²) >= 11 is 0. The van der Waals surface area contributed by atoms with Crippen LogP contribution in [0.15, 0.2) is 12.1 Å². The third-order valence-electron chi connectivity index (χ3n) is 2.11. The molecule has 0 radical (unpaired) electrons. The van der Waals surface area contributed by atoms with E-state index < -0.39 is 0 Å². The monoisotopic (exact) mass is 223 g/mol. The van der Waals surface area contributed by atoms with E-state index in [0.29, 0.717) is 18.1 Å². The van der Waals surface area contributed by atoms with Crippen molar-refractivity contribution in [3.63, 3.8) is 0 Å². The van der Waals surface area contributed by atoms with Crippen LogP contribution in [0.1, 0.15) is 36.7 Å². The summed E-state index contributed by atoms with van der Waals surface area (Å²) in [5, 5.41) is 10.2. The molecule has 1 rings (SSSR count). The second kappa shape index (κ2) is 6.73. The lowest BCUT2D eigenvalue weighted by atomic mass is 10.2. The number of nitrogen functional groups attached to an aromatic ring is 1. The fraction of sp³-hybridized carbons (Fsp3) is 0.500. The van der Waals surface area contributed by atoms with Gasteiger partial charge in [-0.15, -0.1) is 10.2 Å². The fourth-order valence-electron chi connectivity index (χ4n) is 1.20. The summed E-state index contributed by atoms with van der Waals surface area (Å²) < 4.78 is 0. The van der Waals surface area contributed by atoms with Crippen LogP contribution in [0.25, 0.3) is 0 Å². The zero-order valence-corrected chi connectivity index (χ0v) is 9.36. The second-order valence-electron chi connectivity index (χ2n) is 3.41. The Morgan fingerprint density at radius 2 is 2.19 bits per heavy atom. The highest BCUT2D eigenvalue weighted by Gasteiger charge is 2.06. The van der Waals surface area contributed by atoms with Gasteiger partial charge in [-0.2, -0.15) is 0 Å². The van der Waals surface area contributed by atoms with Gasteiger partial charge in [0.2, 0.25) is 0 Å². The van der Waals surface area contributed by atoms with Crippen molar-refractivity contribution in [3.05, 3.63) is 17.8 Å². The van der Waals surface area contributed by atoms with Crippen molar-refractivity contribution in [2.75, 3.05) is 12.0 Å². The number of rotatable bonds is 6. The van der Waals surface area contributed by atoms with Gasteiger partial charge >= 0.3 is 0 Å². The van der Waals surface area contributed by atoms with Crippen LogP contribution in [0, 0.1) is 0 Å². The first-order valence-electron chi connectivity index (χ1n) is 5.36. The smallest absolute Gasteiger partial charge is 0.271 e. The van der Waals surface area contributed by atoms with Crippen molar-refractivity contribution in [1.82, 2.24) is 15.5 Å². The van der Waals surface area contributed by atoms with Gasteiger partial charge in [0.1, 0.15) is 0 Å². The SMILES string of the molecule is CCCCCNC(=O)c1ccc(NN)nn1. The molecule has 0 fully saturated rings. The number of nitrogens with two attached hydrogens (primary N) is 1. The number of hydrogen-bond acceptors (Lipinski definition) is 5. The maximum atomic E-state index is 11.5. The van der Waals surface area contributed by atoms with Crippen molar-refractivity contribution in [2.45, 2.75) is 26.2 Å². The highest BCUT2D eigenvalue weighted by molar-refractivity contribution is 5.92. The molecule has 88 valence electrons. The average molecular weight is 223 g/mol. The van der Waals surface area contributed by atoms with E-state index in [9.17, 15) is 4.79 Å². The second-order valence-corrected chi connectivity index (χ2v) is 3.41. The number of anilines is 1. The molecule has 1 aromatic heterocycles. The number of amides is 1. The number of hydrogen-bond donors (Lipinski definition) is 3. The largest absolute Gasteiger partial charge is 0.351 e. The van der Waals surface area contributed by atoms with Gasteiger partial charge in [-0.3, -0.25) is 4.79 Å². The number of carbonyl (C=O) groups excluding carboxylic acids is 1. The molecule has 6 nitrogen and oxygen atoms in total. The molecule has 6 heteroatoms. The van der Waals surface area contributed by atoms with Crippen LogP contribution in [-0.2, 0) is 0 Å². The van der Waals surface area contributed by atoms with Crippen LogP contribution in [0.5, 0.6) is 0 Å². The molecule has 0 aliphatic rings. The van der Waals surface area contributed by atoms with Gasteiger partial charge in [-0.25, -0.2) is 5.84 Å². The third-order valence-corrected chi connectivity index (χ3v) is 2.11. The van der Waals surface area contributed by atoms with Crippen LogP contribution >= 0.6 is 0 Å². The van der Waals surface area contributed by atoms with E-state index in [4.69, 9.17) is 5.84 Å². The highest BCUT2D eigenvalue weighted by atomic mass is 16.1. The van der Waals surface area contributed by atoms with Gasteiger partial charge in [0.15, 0.2) is 11.5 Å². The molecule has 0 unspecified atom stereocenters. The Kier molecular flexibility index (Phi) is 5.21. The van der Waals surface area contributed by atoms with Gasteiger partial charge in [0.25, 0.3) is 5.91 Å². The Bertz CT molecular complexity index is 324. The number of carbonyl (C=O) groups is 1. The molecular weight excluding hydrogens is 206 g/mol. The quantitative estimate of drug-likeness (QED) is 0.374. The van der Waals surface area contributed by atoms with Gasteiger partial charge in [0.05, 0.1) is 0 Å². The molecule has 0 aliphatic heterocycles. The lowest BCUT2D eigenvalue weighted by Gasteiger charge is -2.03. The van der Waals surface area contributed by atoms with Crippen LogP contribution in [0.3, 0.4) is 0 Å². The van der Waals surface area contributed by atoms with E-state index in [2.05, 4.69) is 27.9 Å². The molecular formula is C10H17N5O. The van der Waals surface area contributed by atoms with Crippen molar-refractivity contribution in [3.8, 4) is 0 Å². The first-order chi connectivity index (χ1) is 7.77. The molecule has 0 spiro atoms. The van der Waals surface area contributed by atoms with E-state index in [-0.39, 0.29) is 5.91 Å². The molecule has 4 N–H and O–H groups in total. The molecule has 1 heterocycles. The Labute approximate surface area is 94.6 Å². The molecule has 0 aromatic carbocycles. The minimum atomic E-state index is -0.202. The maximum Gasteiger partial charge on any atom is 0.271 e. The van der Waals surface area contributed by atoms with Crippen LogP contribution in [-0.4, -0.2) is 22.6 Å². The van der Waals surface area contributed by atoms with Crippen molar-refractivity contribution < 1.29 is 4.79 Å². The van der Waals surface area contributed by atoms with Crippen molar-refractivity contribution >= 4 is 11.7 Å². The molecule has 0 saturated carbocycles. The molecule has 0 bridgehead atoms. The van der Waals surface area contributed by atoms with E-state index >= 15 is 0 Å². The number of nitrogens with zero attached hydrogens (tertiary/aromatic N) is 2. The van der Waals surface area contributed by atoms with E-state index in [1.165, 1.54) is 0 Å². The topological polar surface area (TPSA) is 92.9 Å². The summed E-state index contributed by atoms with van der Waals surface area (Å²) in [5.41, 5.74) is 2.65. The molecule has 0 aliphatic carbocycles. The number of nitrogens with one attached hydrogen (secondary N) is 2. The Morgan fingerprint density at radius 1 is 1.38 bits per heavy atom. The number of unbranched alkanes of at least 4 members (excludes halogenated alkanes) is 2. The molecule has 16 heavy (non-hydrogen) atoms. The maximum absolute atomic E-state index is 11.5. The van der Waals surface area contributed by atoms with Crippen LogP contribution < -0.4 is 16.6 Å². The minimum absolute atomic E-state index is 0.202. The van der Waals surface area contributed by atoms with E-state index in [1.807, 2.05) is 0 Å². The van der Waals surface area contributed by atoms with Gasteiger partial charge in [-0.05, 0) is 18.6 Å². The molecule has 0 atom stereocenters. The summed E-state index contributed by atoms with van der Waals surface area (Å²) in [4.78, 5) is 11.5. The lowest BCUT2D eigenvalue weighted by Crippen LogP contribution is -2.25. The minimum Gasteiger partial charge on any atom is -0.351 e. The fourth-order valence-corrected chi connectivity index (χ4v) is 1.20. The first-order valence-corrected chi connectivity index (χ1v) is 5.36. The van der Waals surface area contributed by atoms with E-state index in [1.54, 1.807) is 12.1 Å². The number of hydrazine groups is 1. The predicted molar refractivity (Wildman–Crippen MR) is 61.7 cm³/mol. The summed E-state index contributed by atoms with van der Waals surface area (Å²) in [5.74, 6) is 5.37. The normalized spacial score (nSPS) is 9.88. The predicted octanol–water partition coefficient (Wildman–Crippen LogP) is 0.682. The summed E-state index contributed by atoms with van der Waals surface area (Å²) in [7, 11) is 0. The zero-order chi connectivity index (χ0) is 11.8. The Morgan fingerprint density at radius 3 is 2.75 bits per heavy atom. The summed E-state index contributed by atoms with van der Waals surface area (Å²) in [6, 6.07) is 3.19. The van der Waals surface area contributed by atoms with Crippen LogP contribution in [0.4, 0.5) is 5.82 Å². The first kappa shape index (κ1) is 12.4. The van der Waals surface area contributed by atoms with Gasteiger partial charge in [-0.1, -0.05) is 19.8 Å². The Hall–Kier alpha value is -1.69. The zero-order valence-electron chi connectivity index (χ0n) is 9.36. The lowest BCUT2D eigenvalue weighted by molar-refractivity contribution is 0.0947. The molecule has 0 saturated heterocycles. The average Bonchev–Trinajstić information content (AvgIpc) is 2.34. The summed E-state index contributed by atoms with van der Waals surface area (Å²) in [6.07, 6.45) is 3.23. The molecule has 1 amide bonds. The van der Waals surface area contributed by atoms with Crippen molar-refractivity contribution in [2.24, 2.45) is 5.84 Å². The Balaban J connectivity index is 2.40. The highest BCUT2D eigenvalue weighted by Crippen LogP contribution is 2.00. The molecule has 1 aromatic rings. The van der Waals surface area contributed by atoms with Gasteiger partial charge < -0.3 is 10.7 Å². The van der Waals surface area contributed by atoms with E-state index in [0.717, 1.165) is 19.3 Å². The van der Waals surface area contributed by atoms with Crippen molar-refractivity contribution in [1.29, 1.82) is 0 Å². The van der Waals surface area contributed by atoms with Gasteiger partial charge in [0, 0.05) is 6.54 Å². The third kappa shape index (κ3) is 3.82. The summed E-state index contributed by atoms with van der Waals surface area (Å²) in [6.45, 7) is 2.79. The number of aromatic nitrogens is 2. The standard InChI is InChI=1S/C10H17N5O/c1-2-3-4-7-12-10(16)8-5-6-9(13-11)15-14-8/h5-6H,2-4,7,11H2,1H3,(H,12,16)(H,13,15). The van der Waals surface area contributed by atoms with Crippen LogP contribution in [0.2, 0.25) is 0 Å².